The largest absolute Gasteiger partial charge is 0.330 e. The van der Waals surface area contributed by atoms with E-state index in [1.807, 2.05) is 32.3 Å². The van der Waals surface area contributed by atoms with Crippen LogP contribution in [0.2, 0.25) is 0 Å². The quantitative estimate of drug-likeness (QED) is 0.630. The number of allylic oxidation sites excluding steroid dienone is 3. The summed E-state index contributed by atoms with van der Waals surface area (Å²) in [5.74, 6) is -0.343. The Balaban J connectivity index is 1.52. The van der Waals surface area contributed by atoms with Crippen LogP contribution in [0.5, 0.6) is 0 Å². The average molecular weight is 466 g/mol. The molecule has 0 fully saturated rings. The number of nitrogens with one attached hydrogen (secondary N) is 1. The highest BCUT2D eigenvalue weighted by molar-refractivity contribution is 7.81. The molecule has 2 aliphatic rings. The van der Waals surface area contributed by atoms with Gasteiger partial charge in [0.15, 0.2) is 0 Å². The van der Waals surface area contributed by atoms with Gasteiger partial charge in [-0.1, -0.05) is 60.2 Å². The number of hydrogen-bond donors (Lipinski definition) is 1. The molecule has 0 unspecified atom stereocenters. The first kappa shape index (κ1) is 22.4. The summed E-state index contributed by atoms with van der Waals surface area (Å²) < 4.78 is 0. The van der Waals surface area contributed by atoms with E-state index >= 15 is 0 Å². The topological polar surface area (TPSA) is 52.6 Å². The number of benzene rings is 2. The third-order valence-corrected chi connectivity index (χ3v) is 6.11. The fourth-order valence-corrected chi connectivity index (χ4v) is 4.43. The molecule has 1 aliphatic heterocycles. The van der Waals surface area contributed by atoms with E-state index in [-0.39, 0.29) is 11.8 Å². The Hall–Kier alpha value is -2.80. The van der Waals surface area contributed by atoms with Gasteiger partial charge in [-0.25, -0.2) is 0 Å². The van der Waals surface area contributed by atoms with Gasteiger partial charge in [-0.2, -0.15) is 0 Å². The number of carbonyl (C=O) groups excluding carboxylic acids is 2. The van der Waals surface area contributed by atoms with E-state index in [0.717, 1.165) is 17.7 Å². The van der Waals surface area contributed by atoms with E-state index in [9.17, 15) is 9.59 Å². The molecule has 7 heteroatoms. The molecule has 0 atom stereocenters. The maximum absolute atomic E-state index is 13.0. The minimum atomic E-state index is -0.308. The van der Waals surface area contributed by atoms with Crippen LogP contribution in [-0.4, -0.2) is 40.6 Å². The van der Waals surface area contributed by atoms with Gasteiger partial charge in [-0.3, -0.25) is 9.59 Å². The van der Waals surface area contributed by atoms with E-state index in [1.165, 1.54) is 5.56 Å². The first-order chi connectivity index (χ1) is 15.3. The summed E-state index contributed by atoms with van der Waals surface area (Å²) in [6, 6.07) is 13.7. The van der Waals surface area contributed by atoms with Crippen LogP contribution in [0.25, 0.3) is 0 Å². The Morgan fingerprint density at radius 2 is 1.94 bits per heavy atom. The highest BCUT2D eigenvalue weighted by atomic mass is 35.5. The molecule has 0 aromatic heterocycles. The van der Waals surface area contributed by atoms with Gasteiger partial charge < -0.3 is 15.1 Å². The number of hydrogen-bond acceptors (Lipinski definition) is 4. The summed E-state index contributed by atoms with van der Waals surface area (Å²) in [5, 5.41) is 3.43. The van der Waals surface area contributed by atoms with Gasteiger partial charge in [0.1, 0.15) is 0 Å². The molecule has 0 saturated carbocycles. The molecule has 0 radical (unpaired) electrons. The minimum Gasteiger partial charge on any atom is -0.330 e. The molecule has 0 bridgehead atoms. The monoisotopic (exact) mass is 465 g/mol. The van der Waals surface area contributed by atoms with Gasteiger partial charge in [0, 0.05) is 52.8 Å². The summed E-state index contributed by atoms with van der Waals surface area (Å²) in [7, 11) is 4.06. The van der Waals surface area contributed by atoms with Gasteiger partial charge in [-0.05, 0) is 43.4 Å². The molecule has 1 heterocycles. The predicted octanol–water partition coefficient (Wildman–Crippen LogP) is 4.67. The molecule has 164 valence electrons. The van der Waals surface area contributed by atoms with E-state index in [2.05, 4.69) is 22.3 Å². The summed E-state index contributed by atoms with van der Waals surface area (Å²) >= 11 is 11.4. The Bertz CT molecular complexity index is 1170. The van der Waals surface area contributed by atoms with Crippen molar-refractivity contribution in [2.24, 2.45) is 0 Å². The molecule has 2 aromatic rings. The van der Waals surface area contributed by atoms with Crippen LogP contribution in [0, 0.1) is 0 Å². The number of halogens is 1. The zero-order valence-electron chi connectivity index (χ0n) is 18.0. The number of carbonyl (C=O) groups is 2. The number of anilines is 1. The van der Waals surface area contributed by atoms with Crippen molar-refractivity contribution in [3.63, 3.8) is 0 Å². The number of amides is 2. The molecule has 0 saturated heterocycles. The Labute approximate surface area is 198 Å². The van der Waals surface area contributed by atoms with E-state index in [4.69, 9.17) is 23.8 Å². The van der Waals surface area contributed by atoms with E-state index in [1.54, 1.807) is 29.2 Å². The third-order valence-electron chi connectivity index (χ3n) is 5.46. The Morgan fingerprint density at radius 3 is 2.72 bits per heavy atom. The molecular formula is C25H24ClN3O2S. The van der Waals surface area contributed by atoms with Crippen LogP contribution in [-0.2, 0) is 24.4 Å². The lowest BCUT2D eigenvalue weighted by atomic mass is 10.0. The molecule has 2 aromatic carbocycles. The van der Waals surface area contributed by atoms with Crippen LogP contribution < -0.4 is 5.32 Å². The molecule has 4 rings (SSSR count). The average Bonchev–Trinajstić information content (AvgIpc) is 3.06. The second kappa shape index (κ2) is 9.36. The number of thiocarbonyl (C=S) groups is 1. The van der Waals surface area contributed by atoms with E-state index in [0.29, 0.717) is 46.2 Å². The first-order valence-electron chi connectivity index (χ1n) is 10.4. The maximum atomic E-state index is 13.0. The van der Waals surface area contributed by atoms with Crippen molar-refractivity contribution in [2.75, 3.05) is 19.4 Å². The zero-order valence-corrected chi connectivity index (χ0v) is 19.6. The summed E-state index contributed by atoms with van der Waals surface area (Å²) in [5.41, 5.74) is 4.73. The fraction of sp³-hybridized carbons (Fsp3) is 0.240. The smallest absolute Gasteiger partial charge is 0.256 e. The van der Waals surface area contributed by atoms with Gasteiger partial charge >= 0.3 is 0 Å². The minimum absolute atomic E-state index is 0.0347. The number of nitrogens with zero attached hydrogens (tertiary/aromatic N) is 2. The highest BCUT2D eigenvalue weighted by Gasteiger charge is 2.30. The fourth-order valence-electron chi connectivity index (χ4n) is 4.01. The van der Waals surface area contributed by atoms with Gasteiger partial charge in [0.05, 0.1) is 5.57 Å². The molecule has 5 nitrogen and oxygen atoms in total. The Kier molecular flexibility index (Phi) is 6.55. The standard InChI is InChI=1S/C25H24ClN3O2S/c1-28(2)13-16-5-3-6-17(11-16)14-29-15-21-19(25(29)31)7-4-8-22(21)27-24(30)20-12-18(26)9-10-23(20)32/h3-9,11-12H,10,13-15H2,1-2H3,(H,27,30). The lowest BCUT2D eigenvalue weighted by Gasteiger charge is -2.17. The van der Waals surface area contributed by atoms with Crippen LogP contribution >= 0.6 is 23.8 Å². The van der Waals surface area contributed by atoms with Crippen LogP contribution in [0.1, 0.15) is 33.5 Å². The normalized spacial score (nSPS) is 15.6. The first-order valence-corrected chi connectivity index (χ1v) is 11.2. The summed E-state index contributed by atoms with van der Waals surface area (Å²) in [6.07, 6.45) is 3.84. The van der Waals surface area contributed by atoms with Crippen LogP contribution in [0.4, 0.5) is 5.69 Å². The van der Waals surface area contributed by atoms with E-state index < -0.39 is 0 Å². The summed E-state index contributed by atoms with van der Waals surface area (Å²) in [6.45, 7) is 1.79. The zero-order chi connectivity index (χ0) is 22.8. The SMILES string of the molecule is CN(C)Cc1cccc(CN2Cc3c(NC(=O)C4=CC(Cl)=CCC4=S)cccc3C2=O)c1. The van der Waals surface area contributed by atoms with Crippen LogP contribution in [0.3, 0.4) is 0 Å². The Morgan fingerprint density at radius 1 is 1.19 bits per heavy atom. The molecule has 1 N–H and O–H groups in total. The number of fused-ring (bicyclic) bond motifs is 1. The second-order valence-corrected chi connectivity index (χ2v) is 9.21. The summed E-state index contributed by atoms with van der Waals surface area (Å²) in [4.78, 5) is 30.4. The molecule has 32 heavy (non-hydrogen) atoms. The van der Waals surface area contributed by atoms with Crippen molar-refractivity contribution in [2.45, 2.75) is 26.1 Å². The molecular weight excluding hydrogens is 442 g/mol. The van der Waals surface area contributed by atoms with Crippen molar-refractivity contribution in [1.29, 1.82) is 0 Å². The van der Waals surface area contributed by atoms with Gasteiger partial charge in [0.2, 0.25) is 0 Å². The van der Waals surface area contributed by atoms with Crippen molar-refractivity contribution in [3.8, 4) is 0 Å². The molecule has 0 spiro atoms. The lowest BCUT2D eigenvalue weighted by molar-refractivity contribution is -0.112. The molecule has 1 aliphatic carbocycles. The predicted molar refractivity (Wildman–Crippen MR) is 132 cm³/mol. The van der Waals surface area contributed by atoms with Crippen molar-refractivity contribution < 1.29 is 9.59 Å². The van der Waals surface area contributed by atoms with Gasteiger partial charge in [-0.15, -0.1) is 0 Å². The van der Waals surface area contributed by atoms with Crippen molar-refractivity contribution in [3.05, 3.63) is 87.5 Å². The van der Waals surface area contributed by atoms with Crippen molar-refractivity contribution in [1.82, 2.24) is 9.80 Å². The van der Waals surface area contributed by atoms with Gasteiger partial charge in [0.25, 0.3) is 11.8 Å². The van der Waals surface area contributed by atoms with Crippen LogP contribution in [0.15, 0.2) is 65.2 Å². The maximum Gasteiger partial charge on any atom is 0.256 e. The third kappa shape index (κ3) is 4.83. The molecule has 2 amide bonds. The highest BCUT2D eigenvalue weighted by Crippen LogP contribution is 2.31. The second-order valence-electron chi connectivity index (χ2n) is 8.28. The number of rotatable bonds is 6. The van der Waals surface area contributed by atoms with Crippen molar-refractivity contribution >= 4 is 46.2 Å². The lowest BCUT2D eigenvalue weighted by Crippen LogP contribution is -2.23.